The zero-order chi connectivity index (χ0) is 14.6. The van der Waals surface area contributed by atoms with Crippen LogP contribution < -0.4 is 4.72 Å². The molecule has 4 nitrogen and oxygen atoms in total. The number of carbonyl (C=O) groups excluding carboxylic acids is 1. The molecule has 0 radical (unpaired) electrons. The zero-order valence-corrected chi connectivity index (χ0v) is 13.2. The van der Waals surface area contributed by atoms with Crippen molar-refractivity contribution in [2.75, 3.05) is 5.75 Å². The van der Waals surface area contributed by atoms with E-state index in [9.17, 15) is 13.2 Å². The molecule has 114 valence electrons. The number of nitrogens with one attached hydrogen (secondary N) is 1. The van der Waals surface area contributed by atoms with Crippen molar-refractivity contribution in [1.82, 2.24) is 4.72 Å². The van der Waals surface area contributed by atoms with Crippen molar-refractivity contribution in [1.29, 1.82) is 0 Å². The highest BCUT2D eigenvalue weighted by Crippen LogP contribution is 2.07. The molecule has 0 aliphatic rings. The third-order valence-corrected chi connectivity index (χ3v) is 4.41. The summed E-state index contributed by atoms with van der Waals surface area (Å²) in [4.78, 5) is 11.5. The van der Waals surface area contributed by atoms with Gasteiger partial charge in [0.2, 0.25) is 15.9 Å². The van der Waals surface area contributed by atoms with Crippen LogP contribution in [0.3, 0.4) is 0 Å². The number of hydrogen-bond donors (Lipinski definition) is 1. The number of sulfonamides is 1. The Balaban J connectivity index is 3.66. The molecular formula is C14H29NO3S. The number of amides is 1. The molecule has 0 saturated carbocycles. The maximum atomic E-state index is 11.6. The van der Waals surface area contributed by atoms with E-state index >= 15 is 0 Å². The molecule has 0 rings (SSSR count). The van der Waals surface area contributed by atoms with Gasteiger partial charge in [-0.25, -0.2) is 8.42 Å². The van der Waals surface area contributed by atoms with Crippen LogP contribution in [-0.2, 0) is 14.8 Å². The quantitative estimate of drug-likeness (QED) is 0.561. The fourth-order valence-electron chi connectivity index (χ4n) is 1.88. The summed E-state index contributed by atoms with van der Waals surface area (Å²) in [6, 6.07) is 0. The van der Waals surface area contributed by atoms with Gasteiger partial charge >= 0.3 is 0 Å². The molecule has 0 aliphatic carbocycles. The van der Waals surface area contributed by atoms with E-state index in [0.717, 1.165) is 32.1 Å². The van der Waals surface area contributed by atoms with E-state index in [4.69, 9.17) is 0 Å². The molecule has 0 bridgehead atoms. The van der Waals surface area contributed by atoms with Gasteiger partial charge in [-0.3, -0.25) is 9.52 Å². The van der Waals surface area contributed by atoms with Crippen LogP contribution in [0.5, 0.6) is 0 Å². The Labute approximate surface area is 118 Å². The van der Waals surface area contributed by atoms with Gasteiger partial charge in [0, 0.05) is 6.42 Å². The van der Waals surface area contributed by atoms with Crippen molar-refractivity contribution in [2.24, 2.45) is 0 Å². The SMILES string of the molecule is CCCCCCCCC(=O)NS(=O)(=O)CCCCC. The van der Waals surface area contributed by atoms with E-state index in [1.165, 1.54) is 19.3 Å². The first-order valence-electron chi connectivity index (χ1n) is 7.55. The van der Waals surface area contributed by atoms with Crippen molar-refractivity contribution in [3.63, 3.8) is 0 Å². The summed E-state index contributed by atoms with van der Waals surface area (Å²) >= 11 is 0. The van der Waals surface area contributed by atoms with Crippen molar-refractivity contribution < 1.29 is 13.2 Å². The normalized spacial score (nSPS) is 11.5. The second kappa shape index (κ2) is 11.3. The van der Waals surface area contributed by atoms with Gasteiger partial charge < -0.3 is 0 Å². The molecule has 0 atom stereocenters. The molecule has 0 saturated heterocycles. The topological polar surface area (TPSA) is 63.2 Å². The summed E-state index contributed by atoms with van der Waals surface area (Å²) in [7, 11) is -3.40. The lowest BCUT2D eigenvalue weighted by Crippen LogP contribution is -2.32. The number of carbonyl (C=O) groups is 1. The van der Waals surface area contributed by atoms with Gasteiger partial charge in [-0.05, 0) is 12.8 Å². The largest absolute Gasteiger partial charge is 0.274 e. The first-order chi connectivity index (χ1) is 9.02. The summed E-state index contributed by atoms with van der Waals surface area (Å²) < 4.78 is 25.3. The summed E-state index contributed by atoms with van der Waals surface area (Å²) in [6.07, 6.45) is 9.35. The average molecular weight is 291 g/mol. The molecule has 1 amide bonds. The number of unbranched alkanes of at least 4 members (excludes halogenated alkanes) is 7. The molecule has 0 fully saturated rings. The molecule has 0 spiro atoms. The molecule has 0 aromatic heterocycles. The Kier molecular flexibility index (Phi) is 10.9. The summed E-state index contributed by atoms with van der Waals surface area (Å²) in [5.41, 5.74) is 0. The van der Waals surface area contributed by atoms with Crippen molar-refractivity contribution in [2.45, 2.75) is 78.1 Å². The van der Waals surface area contributed by atoms with Gasteiger partial charge in [-0.1, -0.05) is 58.8 Å². The van der Waals surface area contributed by atoms with Gasteiger partial charge in [0.05, 0.1) is 5.75 Å². The monoisotopic (exact) mass is 291 g/mol. The highest BCUT2D eigenvalue weighted by molar-refractivity contribution is 7.90. The third kappa shape index (κ3) is 12.2. The molecule has 5 heteroatoms. The first-order valence-corrected chi connectivity index (χ1v) is 9.20. The maximum absolute atomic E-state index is 11.6. The number of hydrogen-bond acceptors (Lipinski definition) is 3. The standard InChI is InChI=1S/C14H29NO3S/c1-3-5-7-8-9-10-12-14(16)15-19(17,18)13-11-6-4-2/h3-13H2,1-2H3,(H,15,16). The molecule has 1 N–H and O–H groups in total. The molecule has 0 heterocycles. The molecule has 0 aliphatic heterocycles. The highest BCUT2D eigenvalue weighted by Gasteiger charge is 2.13. The maximum Gasteiger partial charge on any atom is 0.234 e. The van der Waals surface area contributed by atoms with E-state index in [2.05, 4.69) is 11.6 Å². The van der Waals surface area contributed by atoms with E-state index in [-0.39, 0.29) is 11.7 Å². The van der Waals surface area contributed by atoms with Gasteiger partial charge in [0.1, 0.15) is 0 Å². The highest BCUT2D eigenvalue weighted by atomic mass is 32.2. The first kappa shape index (κ1) is 18.4. The van der Waals surface area contributed by atoms with Gasteiger partial charge in [-0.2, -0.15) is 0 Å². The van der Waals surface area contributed by atoms with Crippen LogP contribution in [-0.4, -0.2) is 20.1 Å². The van der Waals surface area contributed by atoms with Crippen LogP contribution in [0.2, 0.25) is 0 Å². The lowest BCUT2D eigenvalue weighted by atomic mass is 10.1. The zero-order valence-electron chi connectivity index (χ0n) is 12.4. The minimum absolute atomic E-state index is 0.0586. The van der Waals surface area contributed by atoms with Crippen LogP contribution in [0.4, 0.5) is 0 Å². The Morgan fingerprint density at radius 1 is 0.842 bits per heavy atom. The van der Waals surface area contributed by atoms with Crippen molar-refractivity contribution in [3.05, 3.63) is 0 Å². The smallest absolute Gasteiger partial charge is 0.234 e. The fraction of sp³-hybridized carbons (Fsp3) is 0.929. The predicted molar refractivity (Wildman–Crippen MR) is 79.4 cm³/mol. The third-order valence-electron chi connectivity index (χ3n) is 3.04. The van der Waals surface area contributed by atoms with Crippen LogP contribution in [0.25, 0.3) is 0 Å². The Hall–Kier alpha value is -0.580. The molecule has 0 aromatic rings. The van der Waals surface area contributed by atoms with E-state index in [0.29, 0.717) is 12.8 Å². The summed E-state index contributed by atoms with van der Waals surface area (Å²) in [6.45, 7) is 4.18. The van der Waals surface area contributed by atoms with E-state index in [1.54, 1.807) is 0 Å². The van der Waals surface area contributed by atoms with Crippen molar-refractivity contribution in [3.8, 4) is 0 Å². The summed E-state index contributed by atoms with van der Waals surface area (Å²) in [5, 5.41) is 0. The molecule has 0 unspecified atom stereocenters. The van der Waals surface area contributed by atoms with Crippen molar-refractivity contribution >= 4 is 15.9 Å². The fourth-order valence-corrected chi connectivity index (χ4v) is 3.02. The van der Waals surface area contributed by atoms with E-state index < -0.39 is 10.0 Å². The average Bonchev–Trinajstić information content (AvgIpc) is 2.33. The Morgan fingerprint density at radius 3 is 2.00 bits per heavy atom. The minimum Gasteiger partial charge on any atom is -0.274 e. The number of rotatable bonds is 12. The van der Waals surface area contributed by atoms with E-state index in [1.807, 2.05) is 6.92 Å². The van der Waals surface area contributed by atoms with Gasteiger partial charge in [0.15, 0.2) is 0 Å². The Morgan fingerprint density at radius 2 is 1.37 bits per heavy atom. The second-order valence-corrected chi connectivity index (χ2v) is 6.91. The second-order valence-electron chi connectivity index (χ2n) is 5.07. The lowest BCUT2D eigenvalue weighted by Gasteiger charge is -2.06. The van der Waals surface area contributed by atoms with Gasteiger partial charge in [0.25, 0.3) is 0 Å². The Bertz CT molecular complexity index is 326. The minimum atomic E-state index is -3.40. The predicted octanol–water partition coefficient (Wildman–Crippen LogP) is 3.37. The molecule has 19 heavy (non-hydrogen) atoms. The van der Waals surface area contributed by atoms with Gasteiger partial charge in [-0.15, -0.1) is 0 Å². The summed E-state index contributed by atoms with van der Waals surface area (Å²) in [5.74, 6) is -0.296. The van der Waals surface area contributed by atoms with Crippen LogP contribution >= 0.6 is 0 Å². The molecular weight excluding hydrogens is 262 g/mol. The van der Waals surface area contributed by atoms with Crippen LogP contribution in [0.15, 0.2) is 0 Å². The molecule has 0 aromatic carbocycles. The lowest BCUT2D eigenvalue weighted by molar-refractivity contribution is -0.119. The van der Waals surface area contributed by atoms with Crippen LogP contribution in [0.1, 0.15) is 78.1 Å². The van der Waals surface area contributed by atoms with Crippen LogP contribution in [0, 0.1) is 0 Å².